The van der Waals surface area contributed by atoms with Crippen molar-refractivity contribution in [2.75, 3.05) is 6.54 Å². The van der Waals surface area contributed by atoms with E-state index in [0.29, 0.717) is 17.6 Å². The highest BCUT2D eigenvalue weighted by Gasteiger charge is 2.43. The lowest BCUT2D eigenvalue weighted by Crippen LogP contribution is -2.40. The first-order valence-electron chi connectivity index (χ1n) is 11.6. The second-order valence-corrected chi connectivity index (χ2v) is 11.3. The molecule has 8 heteroatoms. The average Bonchev–Trinajstić information content (AvgIpc) is 2.89. The minimum atomic E-state index is -3.83. The van der Waals surface area contributed by atoms with Gasteiger partial charge < -0.3 is 9.13 Å². The molecule has 7 nitrogen and oxygen atoms in total. The molecule has 7 rings (SSSR count). The quantitative estimate of drug-likeness (QED) is 0.448. The first-order valence-corrected chi connectivity index (χ1v) is 13.1. The summed E-state index contributed by atoms with van der Waals surface area (Å²) >= 11 is 0. The predicted molar refractivity (Wildman–Crippen MR) is 134 cm³/mol. The molecule has 0 fully saturated rings. The van der Waals surface area contributed by atoms with Crippen molar-refractivity contribution in [1.29, 1.82) is 0 Å². The van der Waals surface area contributed by atoms with E-state index in [1.807, 2.05) is 0 Å². The van der Waals surface area contributed by atoms with Gasteiger partial charge in [-0.2, -0.15) is 0 Å². The van der Waals surface area contributed by atoms with E-state index >= 15 is 0 Å². The summed E-state index contributed by atoms with van der Waals surface area (Å²) in [6.45, 7) is 0.316. The molecule has 35 heavy (non-hydrogen) atoms. The number of fused-ring (bicyclic) bond motifs is 2. The zero-order valence-corrected chi connectivity index (χ0v) is 20.2. The van der Waals surface area contributed by atoms with Gasteiger partial charge in [0.25, 0.3) is 0 Å². The lowest BCUT2D eigenvalue weighted by Gasteiger charge is -2.45. The second kappa shape index (κ2) is 7.76. The fourth-order valence-corrected chi connectivity index (χ4v) is 7.10. The van der Waals surface area contributed by atoms with Crippen LogP contribution in [0, 0.1) is 5.92 Å². The summed E-state index contributed by atoms with van der Waals surface area (Å²) in [5, 5.41) is 0. The van der Waals surface area contributed by atoms with Gasteiger partial charge in [-0.3, -0.25) is 9.59 Å². The minimum absolute atomic E-state index is 0.0698. The lowest BCUT2D eigenvalue weighted by molar-refractivity contribution is 0.355. The Bertz CT molecular complexity index is 1690. The van der Waals surface area contributed by atoms with Crippen LogP contribution in [-0.4, -0.2) is 24.1 Å². The largest absolute Gasteiger partial charge is 0.316 e. The highest BCUT2D eigenvalue weighted by atomic mass is 32.2. The van der Waals surface area contributed by atoms with Crippen molar-refractivity contribution in [3.05, 3.63) is 110 Å². The van der Waals surface area contributed by atoms with Gasteiger partial charge in [-0.25, -0.2) is 13.1 Å². The van der Waals surface area contributed by atoms with Crippen molar-refractivity contribution in [3.63, 3.8) is 0 Å². The Morgan fingerprint density at radius 3 is 1.94 bits per heavy atom. The number of rotatable bonds is 4. The van der Waals surface area contributed by atoms with Gasteiger partial charge in [0, 0.05) is 32.5 Å². The molecule has 1 atom stereocenters. The molecule has 178 valence electrons. The number of benzene rings is 3. The molecule has 0 saturated heterocycles. The van der Waals surface area contributed by atoms with E-state index in [1.54, 1.807) is 6.07 Å². The summed E-state index contributed by atoms with van der Waals surface area (Å²) in [5.41, 5.74) is 4.79. The van der Waals surface area contributed by atoms with Crippen molar-refractivity contribution in [1.82, 2.24) is 13.9 Å². The summed E-state index contributed by atoms with van der Waals surface area (Å²) in [5.74, 6) is 0.533. The number of aromatic nitrogens is 2. The maximum Gasteiger partial charge on any atom is 0.316 e. The standard InChI is InChI=1S/C27H25N3O4S/c1-29-23-12-11-17(14-24(23)30(2)27(32)26(29)31)35(33,34)28-15-16-13-22-18-7-3-5-9-20(18)25(16)21-10-6-4-8-19(21)22/h3-12,14,16,22,25,28H,13,15H2,1-2H3/t16-,22?,25?/m1/s1. The number of sulfonamides is 1. The van der Waals surface area contributed by atoms with Crippen LogP contribution in [0.4, 0.5) is 0 Å². The minimum Gasteiger partial charge on any atom is -0.305 e. The number of nitrogens with zero attached hydrogens (tertiary/aromatic N) is 2. The van der Waals surface area contributed by atoms with Crippen molar-refractivity contribution >= 4 is 21.1 Å². The van der Waals surface area contributed by atoms with E-state index in [4.69, 9.17) is 0 Å². The fraction of sp³-hybridized carbons (Fsp3) is 0.259. The summed E-state index contributed by atoms with van der Waals surface area (Å²) in [6, 6.07) is 21.5. The Labute approximate surface area is 202 Å². The van der Waals surface area contributed by atoms with Crippen molar-refractivity contribution in [2.45, 2.75) is 23.2 Å². The molecule has 0 unspecified atom stereocenters. The highest BCUT2D eigenvalue weighted by Crippen LogP contribution is 2.55. The zero-order valence-electron chi connectivity index (χ0n) is 19.4. The summed E-state index contributed by atoms with van der Waals surface area (Å²) in [4.78, 5) is 24.4. The molecule has 2 bridgehead atoms. The maximum atomic E-state index is 13.3. The third kappa shape index (κ3) is 3.24. The van der Waals surface area contributed by atoms with Crippen LogP contribution in [0.5, 0.6) is 0 Å². The third-order valence-corrected chi connectivity index (χ3v) is 9.15. The molecule has 0 spiro atoms. The van der Waals surface area contributed by atoms with Gasteiger partial charge in [-0.15, -0.1) is 0 Å². The zero-order chi connectivity index (χ0) is 24.5. The van der Waals surface area contributed by atoms with Gasteiger partial charge in [0.2, 0.25) is 10.0 Å². The van der Waals surface area contributed by atoms with E-state index in [9.17, 15) is 18.0 Å². The van der Waals surface area contributed by atoms with E-state index < -0.39 is 21.1 Å². The lowest BCUT2D eigenvalue weighted by atomic mass is 9.59. The molecule has 1 aromatic heterocycles. The molecule has 4 aromatic rings. The van der Waals surface area contributed by atoms with Gasteiger partial charge in [0.05, 0.1) is 15.9 Å². The molecule has 1 N–H and O–H groups in total. The van der Waals surface area contributed by atoms with Crippen LogP contribution in [0.3, 0.4) is 0 Å². The summed E-state index contributed by atoms with van der Waals surface area (Å²) < 4.78 is 31.9. The van der Waals surface area contributed by atoms with Gasteiger partial charge in [0.15, 0.2) is 0 Å². The first-order chi connectivity index (χ1) is 16.8. The van der Waals surface area contributed by atoms with Crippen molar-refractivity contribution < 1.29 is 8.42 Å². The molecule has 3 aromatic carbocycles. The highest BCUT2D eigenvalue weighted by molar-refractivity contribution is 7.89. The molecule has 0 amide bonds. The number of nitrogens with one attached hydrogen (secondary N) is 1. The van der Waals surface area contributed by atoms with Crippen LogP contribution in [0.25, 0.3) is 11.0 Å². The Hall–Kier alpha value is -3.49. The van der Waals surface area contributed by atoms with E-state index in [1.165, 1.54) is 57.6 Å². The normalized spacial score (nSPS) is 20.6. The number of hydrogen-bond acceptors (Lipinski definition) is 4. The first kappa shape index (κ1) is 22.0. The Balaban J connectivity index is 1.34. The molecule has 0 aliphatic heterocycles. The van der Waals surface area contributed by atoms with Gasteiger partial charge >= 0.3 is 11.1 Å². The Morgan fingerprint density at radius 1 is 0.800 bits per heavy atom. The van der Waals surface area contributed by atoms with E-state index in [2.05, 4.69) is 53.3 Å². The van der Waals surface area contributed by atoms with Crippen LogP contribution >= 0.6 is 0 Å². The molecule has 0 saturated carbocycles. The van der Waals surface area contributed by atoms with Crippen molar-refractivity contribution in [3.8, 4) is 0 Å². The maximum absolute atomic E-state index is 13.3. The van der Waals surface area contributed by atoms with Gasteiger partial charge in [-0.1, -0.05) is 48.5 Å². The third-order valence-electron chi connectivity index (χ3n) is 7.73. The number of hydrogen-bond donors (Lipinski definition) is 1. The smallest absolute Gasteiger partial charge is 0.305 e. The molecular formula is C27H25N3O4S. The van der Waals surface area contributed by atoms with Crippen LogP contribution in [0.15, 0.2) is 81.2 Å². The predicted octanol–water partition coefficient (Wildman–Crippen LogP) is 2.81. The number of aryl methyl sites for hydroxylation is 2. The van der Waals surface area contributed by atoms with E-state index in [-0.39, 0.29) is 22.6 Å². The molecule has 3 aliphatic rings. The van der Waals surface area contributed by atoms with Crippen LogP contribution in [0.2, 0.25) is 0 Å². The fourth-order valence-electron chi connectivity index (χ4n) is 5.99. The van der Waals surface area contributed by atoms with Crippen LogP contribution in [0.1, 0.15) is 40.5 Å². The van der Waals surface area contributed by atoms with Crippen molar-refractivity contribution in [2.24, 2.45) is 20.0 Å². The molecule has 0 radical (unpaired) electrons. The van der Waals surface area contributed by atoms with Crippen LogP contribution < -0.4 is 15.8 Å². The summed E-state index contributed by atoms with van der Waals surface area (Å²) in [7, 11) is -0.846. The Kier molecular flexibility index (Phi) is 4.88. The summed E-state index contributed by atoms with van der Waals surface area (Å²) in [6.07, 6.45) is 0.884. The average molecular weight is 488 g/mol. The van der Waals surface area contributed by atoms with Gasteiger partial charge in [-0.05, 0) is 52.8 Å². The SMILES string of the molecule is Cn1c(=O)c(=O)n(C)c2cc(S(=O)(=O)NC[C@H]3CC4c5ccccc5C3c3ccccc34)ccc21. The topological polar surface area (TPSA) is 90.2 Å². The van der Waals surface area contributed by atoms with Gasteiger partial charge in [0.1, 0.15) is 0 Å². The molecular weight excluding hydrogens is 462 g/mol. The monoisotopic (exact) mass is 487 g/mol. The second-order valence-electron chi connectivity index (χ2n) is 9.51. The molecule has 3 aliphatic carbocycles. The van der Waals surface area contributed by atoms with Crippen LogP contribution in [-0.2, 0) is 24.1 Å². The molecule has 1 heterocycles. The van der Waals surface area contributed by atoms with E-state index in [0.717, 1.165) is 6.42 Å². The Morgan fingerprint density at radius 2 is 1.34 bits per heavy atom.